The summed E-state index contributed by atoms with van der Waals surface area (Å²) in [7, 11) is 0. The first-order chi connectivity index (χ1) is 15.9. The van der Waals surface area contributed by atoms with Crippen molar-refractivity contribution in [2.24, 2.45) is 0 Å². The van der Waals surface area contributed by atoms with Gasteiger partial charge in [0, 0.05) is 23.3 Å². The molecule has 0 fully saturated rings. The van der Waals surface area contributed by atoms with E-state index in [2.05, 4.69) is 18.4 Å². The predicted molar refractivity (Wildman–Crippen MR) is 126 cm³/mol. The van der Waals surface area contributed by atoms with Crippen molar-refractivity contribution in [1.82, 2.24) is 14.5 Å². The van der Waals surface area contributed by atoms with Gasteiger partial charge in [-0.1, -0.05) is 55.5 Å². The molecule has 33 heavy (non-hydrogen) atoms. The quantitative estimate of drug-likeness (QED) is 0.456. The van der Waals surface area contributed by atoms with E-state index in [1.165, 1.54) is 0 Å². The molecule has 0 radical (unpaired) electrons. The fraction of sp³-hybridized carbons (Fsp3) is 0.185. The number of nitrogens with zero attached hydrogens (tertiary/aromatic N) is 3. The fourth-order valence-corrected chi connectivity index (χ4v) is 4.63. The zero-order valence-electron chi connectivity index (χ0n) is 18.7. The number of aromatic nitrogens is 3. The van der Waals surface area contributed by atoms with Crippen LogP contribution in [0.25, 0.3) is 16.7 Å². The van der Waals surface area contributed by atoms with E-state index in [1.807, 2.05) is 43.3 Å². The normalized spacial score (nSPS) is 13.1. The number of hydrogen-bond acceptors (Lipinski definition) is 4. The van der Waals surface area contributed by atoms with Crippen LogP contribution in [0.2, 0.25) is 0 Å². The van der Waals surface area contributed by atoms with Crippen LogP contribution in [0.5, 0.6) is 0 Å². The predicted octanol–water partition coefficient (Wildman–Crippen LogP) is 4.74. The number of hydrogen-bond donors (Lipinski definition) is 1. The monoisotopic (exact) mass is 437 g/mol. The molecule has 1 aliphatic rings. The zero-order valence-corrected chi connectivity index (χ0v) is 18.7. The molecule has 2 heterocycles. The highest BCUT2D eigenvalue weighted by molar-refractivity contribution is 6.34. The number of benzene rings is 2. The highest BCUT2D eigenvalue weighted by Crippen LogP contribution is 2.37. The maximum absolute atomic E-state index is 12.7. The molecule has 5 rings (SSSR count). The van der Waals surface area contributed by atoms with Gasteiger partial charge >= 0.3 is 5.97 Å². The van der Waals surface area contributed by atoms with E-state index in [0.29, 0.717) is 28.8 Å². The zero-order chi connectivity index (χ0) is 23.3. The van der Waals surface area contributed by atoms with Crippen molar-refractivity contribution in [2.45, 2.75) is 33.7 Å². The summed E-state index contributed by atoms with van der Waals surface area (Å²) < 4.78 is 2.14. The minimum absolute atomic E-state index is 0.173. The molecule has 164 valence electrons. The number of ketones is 1. The Labute approximate surface area is 191 Å². The number of carboxylic acid groups (broad SMARTS) is 1. The first kappa shape index (κ1) is 20.8. The number of imidazole rings is 1. The van der Waals surface area contributed by atoms with Gasteiger partial charge < -0.3 is 9.67 Å². The Kier molecular flexibility index (Phi) is 4.93. The Morgan fingerprint density at radius 1 is 1.00 bits per heavy atom. The molecule has 0 saturated carbocycles. The van der Waals surface area contributed by atoms with Gasteiger partial charge in [0.25, 0.3) is 0 Å². The standard InChI is InChI=1S/C27H23N3O3/c1-4-21-29-24-15(2)13-16(3)28-26(24)30(21)14-17-9-11-18(12-10-17)22-19-7-5-6-8-20(19)25(31)23(22)27(32)33/h5-13H,4,14H2,1-3H3,(H,32,33). The number of aryl methyl sites for hydroxylation is 3. The second kappa shape index (κ2) is 7.81. The Balaban J connectivity index is 1.56. The van der Waals surface area contributed by atoms with Crippen LogP contribution >= 0.6 is 0 Å². The smallest absolute Gasteiger partial charge is 0.340 e. The van der Waals surface area contributed by atoms with Gasteiger partial charge in [-0.3, -0.25) is 4.79 Å². The van der Waals surface area contributed by atoms with E-state index in [1.54, 1.807) is 18.2 Å². The molecule has 0 saturated heterocycles. The molecule has 0 spiro atoms. The fourth-order valence-electron chi connectivity index (χ4n) is 4.63. The summed E-state index contributed by atoms with van der Waals surface area (Å²) in [6.07, 6.45) is 0.792. The Morgan fingerprint density at radius 3 is 2.36 bits per heavy atom. The third-order valence-electron chi connectivity index (χ3n) is 6.13. The van der Waals surface area contributed by atoms with E-state index in [4.69, 9.17) is 9.97 Å². The average molecular weight is 437 g/mol. The summed E-state index contributed by atoms with van der Waals surface area (Å²) in [5.74, 6) is -0.669. The van der Waals surface area contributed by atoms with Crippen LogP contribution in [-0.4, -0.2) is 31.4 Å². The van der Waals surface area contributed by atoms with Crippen molar-refractivity contribution in [2.75, 3.05) is 0 Å². The Hall–Kier alpha value is -4.06. The molecule has 0 aliphatic heterocycles. The van der Waals surface area contributed by atoms with Crippen LogP contribution in [0.1, 0.15) is 51.1 Å². The Bertz CT molecular complexity index is 1480. The summed E-state index contributed by atoms with van der Waals surface area (Å²) in [6, 6.07) is 16.8. The number of aliphatic carboxylic acids is 1. The molecule has 0 amide bonds. The molecule has 2 aromatic heterocycles. The SMILES string of the molecule is CCc1nc2c(C)cc(C)nc2n1Cc1ccc(C2=C(C(=O)O)C(=O)c3ccccc32)cc1. The number of carboxylic acids is 1. The van der Waals surface area contributed by atoms with E-state index in [-0.39, 0.29) is 5.57 Å². The van der Waals surface area contributed by atoms with Crippen molar-refractivity contribution in [3.63, 3.8) is 0 Å². The van der Waals surface area contributed by atoms with Crippen LogP contribution in [0, 0.1) is 13.8 Å². The van der Waals surface area contributed by atoms with Crippen LogP contribution in [0.3, 0.4) is 0 Å². The lowest BCUT2D eigenvalue weighted by molar-refractivity contribution is -0.132. The third-order valence-corrected chi connectivity index (χ3v) is 6.13. The van der Waals surface area contributed by atoms with Gasteiger partial charge in [-0.15, -0.1) is 0 Å². The van der Waals surface area contributed by atoms with Crippen molar-refractivity contribution < 1.29 is 14.7 Å². The van der Waals surface area contributed by atoms with Crippen molar-refractivity contribution in [3.05, 3.63) is 99.5 Å². The summed E-state index contributed by atoms with van der Waals surface area (Å²) in [6.45, 7) is 6.73. The van der Waals surface area contributed by atoms with Gasteiger partial charge in [-0.2, -0.15) is 0 Å². The van der Waals surface area contributed by atoms with Crippen LogP contribution in [0.4, 0.5) is 0 Å². The lowest BCUT2D eigenvalue weighted by atomic mass is 9.96. The van der Waals surface area contributed by atoms with E-state index in [9.17, 15) is 14.7 Å². The van der Waals surface area contributed by atoms with Crippen LogP contribution < -0.4 is 0 Å². The number of carbonyl (C=O) groups is 2. The second-order valence-electron chi connectivity index (χ2n) is 8.35. The lowest BCUT2D eigenvalue weighted by Gasteiger charge is -2.11. The van der Waals surface area contributed by atoms with Gasteiger partial charge in [0.15, 0.2) is 5.65 Å². The van der Waals surface area contributed by atoms with Gasteiger partial charge in [-0.05, 0) is 42.2 Å². The minimum atomic E-state index is -1.20. The number of rotatable bonds is 5. The van der Waals surface area contributed by atoms with Gasteiger partial charge in [0.2, 0.25) is 5.78 Å². The topological polar surface area (TPSA) is 85.1 Å². The summed E-state index contributed by atoms with van der Waals surface area (Å²) in [5, 5.41) is 9.72. The summed E-state index contributed by atoms with van der Waals surface area (Å²) >= 11 is 0. The molecule has 1 aliphatic carbocycles. The van der Waals surface area contributed by atoms with Crippen molar-refractivity contribution >= 4 is 28.5 Å². The average Bonchev–Trinajstić information content (AvgIpc) is 3.30. The first-order valence-electron chi connectivity index (χ1n) is 10.9. The number of pyridine rings is 1. The number of Topliss-reactive ketones (excluding diaryl/α,β-unsaturated/α-hetero) is 1. The molecule has 6 heteroatoms. The molecular weight excluding hydrogens is 414 g/mol. The first-order valence-corrected chi connectivity index (χ1v) is 10.9. The van der Waals surface area contributed by atoms with E-state index >= 15 is 0 Å². The molecular formula is C27H23N3O3. The van der Waals surface area contributed by atoms with Crippen molar-refractivity contribution in [1.29, 1.82) is 0 Å². The van der Waals surface area contributed by atoms with E-state index < -0.39 is 11.8 Å². The van der Waals surface area contributed by atoms with Crippen molar-refractivity contribution in [3.8, 4) is 0 Å². The molecule has 1 N–H and O–H groups in total. The molecule has 0 atom stereocenters. The van der Waals surface area contributed by atoms with Crippen LogP contribution in [-0.2, 0) is 17.8 Å². The molecule has 0 unspecified atom stereocenters. The Morgan fingerprint density at radius 2 is 1.70 bits per heavy atom. The van der Waals surface area contributed by atoms with Gasteiger partial charge in [-0.25, -0.2) is 14.8 Å². The molecule has 6 nitrogen and oxygen atoms in total. The van der Waals surface area contributed by atoms with Gasteiger partial charge in [0.05, 0.1) is 6.54 Å². The molecule has 2 aromatic carbocycles. The number of carbonyl (C=O) groups excluding carboxylic acids is 1. The second-order valence-corrected chi connectivity index (χ2v) is 8.35. The maximum Gasteiger partial charge on any atom is 0.340 e. The molecule has 0 bridgehead atoms. The largest absolute Gasteiger partial charge is 0.478 e. The third kappa shape index (κ3) is 3.35. The summed E-state index contributed by atoms with van der Waals surface area (Å²) in [5.41, 5.74) is 7.02. The van der Waals surface area contributed by atoms with Crippen LogP contribution in [0.15, 0.2) is 60.2 Å². The molecule has 4 aromatic rings. The highest BCUT2D eigenvalue weighted by atomic mass is 16.4. The number of fused-ring (bicyclic) bond motifs is 2. The van der Waals surface area contributed by atoms with E-state index in [0.717, 1.165) is 40.2 Å². The highest BCUT2D eigenvalue weighted by Gasteiger charge is 2.34. The van der Waals surface area contributed by atoms with Gasteiger partial charge in [0.1, 0.15) is 16.9 Å². The summed E-state index contributed by atoms with van der Waals surface area (Å²) in [4.78, 5) is 34.1. The minimum Gasteiger partial charge on any atom is -0.478 e. The maximum atomic E-state index is 12.7. The lowest BCUT2D eigenvalue weighted by Crippen LogP contribution is -2.09.